The Hall–Kier alpha value is -1.75. The van der Waals surface area contributed by atoms with E-state index < -0.39 is 11.9 Å². The minimum absolute atomic E-state index is 0.139. The molecule has 0 fully saturated rings. The minimum Gasteiger partial charge on any atom is -0.481 e. The molecule has 0 aliphatic rings. The molecule has 0 heterocycles. The number of benzene rings is 1. The van der Waals surface area contributed by atoms with Crippen LogP contribution in [0.4, 0.5) is 4.79 Å². The van der Waals surface area contributed by atoms with Crippen molar-refractivity contribution in [2.24, 2.45) is 11.3 Å². The fraction of sp³-hybridized carbons (Fsp3) is 0.529. The summed E-state index contributed by atoms with van der Waals surface area (Å²) >= 11 is 5.99. The highest BCUT2D eigenvalue weighted by Crippen LogP contribution is 2.22. The van der Waals surface area contributed by atoms with Crippen molar-refractivity contribution < 1.29 is 14.7 Å². The van der Waals surface area contributed by atoms with Gasteiger partial charge in [-0.05, 0) is 29.5 Å². The highest BCUT2D eigenvalue weighted by Gasteiger charge is 2.22. The van der Waals surface area contributed by atoms with Gasteiger partial charge >= 0.3 is 12.0 Å². The standard InChI is InChI=1S/C17H25ClN2O3/c1-12(15(21)22)10-20(4)16(23)19-11-17(2,3)9-13-6-5-7-14(18)8-13/h5-8,12H,9-11H2,1-4H3,(H,19,23)(H,21,22). The van der Waals surface area contributed by atoms with Crippen molar-refractivity contribution in [1.29, 1.82) is 0 Å². The first-order valence-electron chi connectivity index (χ1n) is 7.57. The van der Waals surface area contributed by atoms with Crippen LogP contribution < -0.4 is 5.32 Å². The number of carbonyl (C=O) groups is 2. The van der Waals surface area contributed by atoms with Crippen LogP contribution in [0.2, 0.25) is 5.02 Å². The maximum atomic E-state index is 12.1. The first-order valence-corrected chi connectivity index (χ1v) is 7.95. The van der Waals surface area contributed by atoms with E-state index in [2.05, 4.69) is 19.2 Å². The summed E-state index contributed by atoms with van der Waals surface area (Å²) in [4.78, 5) is 24.3. The van der Waals surface area contributed by atoms with Crippen LogP contribution in [0.25, 0.3) is 0 Å². The van der Waals surface area contributed by atoms with Gasteiger partial charge in [-0.15, -0.1) is 0 Å². The van der Waals surface area contributed by atoms with Crippen LogP contribution >= 0.6 is 11.6 Å². The number of halogens is 1. The summed E-state index contributed by atoms with van der Waals surface area (Å²) in [5, 5.41) is 12.5. The number of nitrogens with one attached hydrogen (secondary N) is 1. The van der Waals surface area contributed by atoms with Crippen LogP contribution in [0.3, 0.4) is 0 Å². The maximum absolute atomic E-state index is 12.1. The highest BCUT2D eigenvalue weighted by molar-refractivity contribution is 6.30. The van der Waals surface area contributed by atoms with Gasteiger partial charge in [-0.25, -0.2) is 4.79 Å². The molecule has 128 valence electrons. The molecule has 0 aromatic heterocycles. The number of carboxylic acid groups (broad SMARTS) is 1. The van der Waals surface area contributed by atoms with Crippen LogP contribution in [0.1, 0.15) is 26.3 Å². The molecule has 0 radical (unpaired) electrons. The van der Waals surface area contributed by atoms with Crippen LogP contribution in [0.15, 0.2) is 24.3 Å². The van der Waals surface area contributed by atoms with E-state index in [4.69, 9.17) is 16.7 Å². The van der Waals surface area contributed by atoms with Gasteiger partial charge in [0.25, 0.3) is 0 Å². The lowest BCUT2D eigenvalue weighted by Crippen LogP contribution is -2.44. The number of carboxylic acids is 1. The number of hydrogen-bond acceptors (Lipinski definition) is 2. The van der Waals surface area contributed by atoms with Crippen LogP contribution in [0.5, 0.6) is 0 Å². The molecule has 23 heavy (non-hydrogen) atoms. The van der Waals surface area contributed by atoms with E-state index in [1.807, 2.05) is 24.3 Å². The molecule has 6 heteroatoms. The van der Waals surface area contributed by atoms with Gasteiger partial charge in [-0.2, -0.15) is 0 Å². The van der Waals surface area contributed by atoms with Gasteiger partial charge < -0.3 is 15.3 Å². The quantitative estimate of drug-likeness (QED) is 0.800. The van der Waals surface area contributed by atoms with E-state index in [9.17, 15) is 9.59 Å². The van der Waals surface area contributed by atoms with Crippen LogP contribution in [-0.4, -0.2) is 42.1 Å². The summed E-state index contributed by atoms with van der Waals surface area (Å²) < 4.78 is 0. The average Bonchev–Trinajstić information content (AvgIpc) is 2.44. The Balaban J connectivity index is 2.51. The average molecular weight is 341 g/mol. The molecule has 1 aromatic rings. The number of urea groups is 1. The van der Waals surface area contributed by atoms with Crippen molar-refractivity contribution in [3.8, 4) is 0 Å². The summed E-state index contributed by atoms with van der Waals surface area (Å²) in [6.45, 7) is 6.37. The molecule has 0 saturated heterocycles. The monoisotopic (exact) mass is 340 g/mol. The third kappa shape index (κ3) is 6.91. The fourth-order valence-corrected chi connectivity index (χ4v) is 2.50. The molecule has 5 nitrogen and oxygen atoms in total. The Morgan fingerprint density at radius 3 is 2.61 bits per heavy atom. The molecule has 2 amide bonds. The molecule has 2 N–H and O–H groups in total. The molecule has 0 spiro atoms. The van der Waals surface area contributed by atoms with Gasteiger partial charge in [-0.3, -0.25) is 4.79 Å². The zero-order chi connectivity index (χ0) is 17.6. The van der Waals surface area contributed by atoms with E-state index in [0.29, 0.717) is 11.6 Å². The maximum Gasteiger partial charge on any atom is 0.317 e. The topological polar surface area (TPSA) is 69.6 Å². The number of aliphatic carboxylic acids is 1. The Morgan fingerprint density at radius 1 is 1.39 bits per heavy atom. The smallest absolute Gasteiger partial charge is 0.317 e. The fourth-order valence-electron chi connectivity index (χ4n) is 2.28. The van der Waals surface area contributed by atoms with Crippen molar-refractivity contribution in [3.63, 3.8) is 0 Å². The van der Waals surface area contributed by atoms with Gasteiger partial charge in [0.1, 0.15) is 0 Å². The number of amides is 2. The number of nitrogens with zero attached hydrogens (tertiary/aromatic N) is 1. The molecule has 1 rings (SSSR count). The van der Waals surface area contributed by atoms with Crippen LogP contribution in [0, 0.1) is 11.3 Å². The third-order valence-corrected chi connectivity index (χ3v) is 3.84. The van der Waals surface area contributed by atoms with E-state index >= 15 is 0 Å². The highest BCUT2D eigenvalue weighted by atomic mass is 35.5. The van der Waals surface area contributed by atoms with Gasteiger partial charge in [0.15, 0.2) is 0 Å². The van der Waals surface area contributed by atoms with Gasteiger partial charge in [-0.1, -0.05) is 44.5 Å². The second-order valence-electron chi connectivity index (χ2n) is 6.75. The third-order valence-electron chi connectivity index (χ3n) is 3.61. The lowest BCUT2D eigenvalue weighted by atomic mass is 9.86. The summed E-state index contributed by atoms with van der Waals surface area (Å²) in [6.07, 6.45) is 0.781. The molecule has 0 aliphatic heterocycles. The molecule has 1 aromatic carbocycles. The Morgan fingerprint density at radius 2 is 2.04 bits per heavy atom. The first-order chi connectivity index (χ1) is 10.6. The lowest BCUT2D eigenvalue weighted by molar-refractivity contribution is -0.141. The molecule has 0 bridgehead atoms. The number of rotatable bonds is 7. The van der Waals surface area contributed by atoms with Gasteiger partial charge in [0.2, 0.25) is 0 Å². The number of hydrogen-bond donors (Lipinski definition) is 2. The largest absolute Gasteiger partial charge is 0.481 e. The normalized spacial score (nSPS) is 12.6. The Bertz CT molecular complexity index is 561. The van der Waals surface area contributed by atoms with E-state index in [-0.39, 0.29) is 18.0 Å². The van der Waals surface area contributed by atoms with E-state index in [1.54, 1.807) is 14.0 Å². The zero-order valence-corrected chi connectivity index (χ0v) is 14.9. The minimum atomic E-state index is -0.911. The van der Waals surface area contributed by atoms with Crippen molar-refractivity contribution in [2.45, 2.75) is 27.2 Å². The molecule has 0 aliphatic carbocycles. The molecular weight excluding hydrogens is 316 g/mol. The van der Waals surface area contributed by atoms with Gasteiger partial charge in [0.05, 0.1) is 5.92 Å². The SMILES string of the molecule is CC(CN(C)C(=O)NCC(C)(C)Cc1cccc(Cl)c1)C(=O)O. The van der Waals surface area contributed by atoms with Crippen molar-refractivity contribution in [1.82, 2.24) is 10.2 Å². The number of carbonyl (C=O) groups excluding carboxylic acids is 1. The second kappa shape index (κ2) is 8.20. The molecule has 0 saturated carbocycles. The van der Waals surface area contributed by atoms with E-state index in [0.717, 1.165) is 12.0 Å². The summed E-state index contributed by atoms with van der Waals surface area (Å²) in [5.41, 5.74) is 0.976. The zero-order valence-electron chi connectivity index (χ0n) is 14.1. The summed E-state index contributed by atoms with van der Waals surface area (Å²) in [6, 6.07) is 7.41. The second-order valence-corrected chi connectivity index (χ2v) is 7.19. The Labute approximate surface area is 142 Å². The summed E-state index contributed by atoms with van der Waals surface area (Å²) in [7, 11) is 1.60. The molecular formula is C17H25ClN2O3. The predicted octanol–water partition coefficient (Wildman–Crippen LogP) is 3.27. The van der Waals surface area contributed by atoms with Crippen molar-refractivity contribution >= 4 is 23.6 Å². The summed E-state index contributed by atoms with van der Waals surface area (Å²) in [5.74, 6) is -1.50. The molecule has 1 atom stereocenters. The Kier molecular flexibility index (Phi) is 6.88. The molecule has 1 unspecified atom stereocenters. The van der Waals surface area contributed by atoms with Crippen LogP contribution in [-0.2, 0) is 11.2 Å². The van der Waals surface area contributed by atoms with Gasteiger partial charge in [0, 0.05) is 25.2 Å². The van der Waals surface area contributed by atoms with Crippen molar-refractivity contribution in [2.75, 3.05) is 20.1 Å². The first kappa shape index (κ1) is 19.3. The lowest BCUT2D eigenvalue weighted by Gasteiger charge is -2.27. The predicted molar refractivity (Wildman–Crippen MR) is 91.8 cm³/mol. The van der Waals surface area contributed by atoms with Crippen molar-refractivity contribution in [3.05, 3.63) is 34.9 Å². The van der Waals surface area contributed by atoms with E-state index in [1.165, 1.54) is 4.90 Å².